The molecule has 0 spiro atoms. The zero-order valence-electron chi connectivity index (χ0n) is 7.01. The molecule has 0 aromatic carbocycles. The van der Waals surface area contributed by atoms with E-state index in [1.54, 1.807) is 18.3 Å². The van der Waals surface area contributed by atoms with Crippen molar-refractivity contribution in [3.8, 4) is 0 Å². The number of carboxylic acids is 1. The van der Waals surface area contributed by atoms with Gasteiger partial charge in [0.2, 0.25) is 0 Å². The van der Waals surface area contributed by atoms with Gasteiger partial charge in [0.25, 0.3) is 0 Å². The predicted molar refractivity (Wildman–Crippen MR) is 50.2 cm³/mol. The first-order valence-corrected chi connectivity index (χ1v) is 4.25. The molecule has 5 nitrogen and oxygen atoms in total. The highest BCUT2D eigenvalue weighted by atomic mass is 35.5. The number of hydrogen-bond donors (Lipinski definition) is 1. The lowest BCUT2D eigenvalue weighted by molar-refractivity contribution is -0.137. The molecule has 2 aromatic rings. The molecule has 72 valence electrons. The maximum absolute atomic E-state index is 10.5. The third-order valence-corrected chi connectivity index (χ3v) is 2.13. The molecule has 0 saturated heterocycles. The zero-order valence-corrected chi connectivity index (χ0v) is 7.77. The molecule has 0 fully saturated rings. The Morgan fingerprint density at radius 3 is 3.07 bits per heavy atom. The molecule has 14 heavy (non-hydrogen) atoms. The molecular weight excluding hydrogens is 206 g/mol. The number of halogens is 1. The lowest BCUT2D eigenvalue weighted by atomic mass is 10.4. The van der Waals surface area contributed by atoms with Crippen molar-refractivity contribution in [2.75, 3.05) is 0 Å². The number of pyridine rings is 1. The van der Waals surface area contributed by atoms with Crippen LogP contribution < -0.4 is 0 Å². The van der Waals surface area contributed by atoms with Crippen LogP contribution in [-0.4, -0.2) is 25.8 Å². The fourth-order valence-corrected chi connectivity index (χ4v) is 1.41. The van der Waals surface area contributed by atoms with Crippen LogP contribution in [0.2, 0.25) is 5.15 Å². The van der Waals surface area contributed by atoms with E-state index in [1.807, 2.05) is 0 Å². The van der Waals surface area contributed by atoms with Gasteiger partial charge in [0.1, 0.15) is 11.7 Å². The summed E-state index contributed by atoms with van der Waals surface area (Å²) in [6.07, 6.45) is 1.58. The van der Waals surface area contributed by atoms with E-state index in [4.69, 9.17) is 16.7 Å². The highest BCUT2D eigenvalue weighted by molar-refractivity contribution is 6.34. The number of carbonyl (C=O) groups is 1. The van der Waals surface area contributed by atoms with Crippen LogP contribution in [0.25, 0.3) is 11.0 Å². The lowest BCUT2D eigenvalue weighted by Gasteiger charge is -1.95. The normalized spacial score (nSPS) is 10.6. The minimum absolute atomic E-state index is 0.255. The maximum Gasteiger partial charge on any atom is 0.325 e. The van der Waals surface area contributed by atoms with Crippen LogP contribution in [0.5, 0.6) is 0 Å². The summed E-state index contributed by atoms with van der Waals surface area (Å²) in [4.78, 5) is 14.4. The molecule has 0 saturated carbocycles. The summed E-state index contributed by atoms with van der Waals surface area (Å²) < 4.78 is 1.21. The van der Waals surface area contributed by atoms with Crippen LogP contribution in [0.1, 0.15) is 0 Å². The fourth-order valence-electron chi connectivity index (χ4n) is 1.17. The van der Waals surface area contributed by atoms with Gasteiger partial charge < -0.3 is 5.11 Å². The van der Waals surface area contributed by atoms with Gasteiger partial charge in [-0.1, -0.05) is 11.6 Å². The topological polar surface area (TPSA) is 68.0 Å². The monoisotopic (exact) mass is 211 g/mol. The van der Waals surface area contributed by atoms with Crippen molar-refractivity contribution in [2.24, 2.45) is 0 Å². The van der Waals surface area contributed by atoms with E-state index in [9.17, 15) is 4.79 Å². The van der Waals surface area contributed by atoms with E-state index < -0.39 is 5.97 Å². The van der Waals surface area contributed by atoms with Gasteiger partial charge in [-0.3, -0.25) is 4.79 Å². The number of rotatable bonds is 2. The fraction of sp³-hybridized carbons (Fsp3) is 0.125. The van der Waals surface area contributed by atoms with Crippen LogP contribution in [0.3, 0.4) is 0 Å². The third kappa shape index (κ3) is 1.42. The number of aliphatic carboxylic acids is 1. The lowest BCUT2D eigenvalue weighted by Crippen LogP contribution is -2.09. The van der Waals surface area contributed by atoms with Gasteiger partial charge in [-0.15, -0.1) is 0 Å². The molecule has 2 heterocycles. The summed E-state index contributed by atoms with van der Waals surface area (Å²) in [7, 11) is 0. The first-order valence-electron chi connectivity index (χ1n) is 3.87. The molecule has 0 radical (unpaired) electrons. The van der Waals surface area contributed by atoms with Crippen molar-refractivity contribution in [1.29, 1.82) is 0 Å². The molecule has 1 N–H and O–H groups in total. The van der Waals surface area contributed by atoms with E-state index in [-0.39, 0.29) is 6.54 Å². The van der Waals surface area contributed by atoms with Gasteiger partial charge in [-0.05, 0) is 12.1 Å². The average molecular weight is 212 g/mol. The molecule has 0 aliphatic carbocycles. The third-order valence-electron chi connectivity index (χ3n) is 1.74. The Balaban J connectivity index is 2.57. The molecule has 0 aliphatic rings. The molecule has 0 atom stereocenters. The summed E-state index contributed by atoms with van der Waals surface area (Å²) in [5, 5.41) is 13.5. The quantitative estimate of drug-likeness (QED) is 0.810. The largest absolute Gasteiger partial charge is 0.480 e. The van der Waals surface area contributed by atoms with Crippen LogP contribution >= 0.6 is 11.6 Å². The van der Waals surface area contributed by atoms with Crippen molar-refractivity contribution in [1.82, 2.24) is 14.8 Å². The smallest absolute Gasteiger partial charge is 0.325 e. The van der Waals surface area contributed by atoms with Crippen LogP contribution in [0.4, 0.5) is 0 Å². The summed E-state index contributed by atoms with van der Waals surface area (Å²) >= 11 is 5.90. The summed E-state index contributed by atoms with van der Waals surface area (Å²) in [5.74, 6) is -0.986. The van der Waals surface area contributed by atoms with Gasteiger partial charge >= 0.3 is 5.97 Å². The van der Waals surface area contributed by atoms with E-state index in [0.29, 0.717) is 16.2 Å². The second kappa shape index (κ2) is 3.26. The van der Waals surface area contributed by atoms with Crippen molar-refractivity contribution >= 4 is 28.6 Å². The molecule has 0 amide bonds. The molecule has 0 aliphatic heterocycles. The van der Waals surface area contributed by atoms with Gasteiger partial charge in [0.05, 0.1) is 5.39 Å². The highest BCUT2D eigenvalue weighted by Gasteiger charge is 2.11. The van der Waals surface area contributed by atoms with Gasteiger partial charge in [0, 0.05) is 6.20 Å². The second-order valence-corrected chi connectivity index (χ2v) is 3.07. The van der Waals surface area contributed by atoms with Crippen LogP contribution in [0, 0.1) is 0 Å². The zero-order chi connectivity index (χ0) is 10.1. The first kappa shape index (κ1) is 8.96. The van der Waals surface area contributed by atoms with E-state index >= 15 is 0 Å². The number of fused-ring (bicyclic) bond motifs is 1. The maximum atomic E-state index is 10.5. The minimum atomic E-state index is -0.986. The Kier molecular flexibility index (Phi) is 2.09. The molecule has 6 heteroatoms. The second-order valence-electron chi connectivity index (χ2n) is 2.72. The summed E-state index contributed by atoms with van der Waals surface area (Å²) in [5.41, 5.74) is 0.457. The van der Waals surface area contributed by atoms with Gasteiger partial charge in [0.15, 0.2) is 5.65 Å². The Morgan fingerprint density at radius 1 is 1.64 bits per heavy atom. The molecule has 0 unspecified atom stereocenters. The van der Waals surface area contributed by atoms with Gasteiger partial charge in [-0.2, -0.15) is 5.10 Å². The van der Waals surface area contributed by atoms with Crippen molar-refractivity contribution in [3.63, 3.8) is 0 Å². The highest BCUT2D eigenvalue weighted by Crippen LogP contribution is 2.20. The summed E-state index contributed by atoms with van der Waals surface area (Å²) in [6.45, 7) is -0.255. The standard InChI is InChI=1S/C8H6ClN3O2/c9-7-5-2-1-3-10-8(5)11-12(7)4-6(13)14/h1-3H,4H2,(H,13,14). The molecule has 2 rings (SSSR count). The van der Waals surface area contributed by atoms with E-state index in [1.165, 1.54) is 4.68 Å². The molecule has 0 bridgehead atoms. The van der Waals surface area contributed by atoms with E-state index in [2.05, 4.69) is 10.1 Å². The number of aromatic nitrogens is 3. The SMILES string of the molecule is O=C(O)Cn1nc2ncccc2c1Cl. The van der Waals surface area contributed by atoms with Crippen LogP contribution in [0.15, 0.2) is 18.3 Å². The minimum Gasteiger partial charge on any atom is -0.480 e. The average Bonchev–Trinajstić information content (AvgIpc) is 2.44. The molecule has 2 aromatic heterocycles. The van der Waals surface area contributed by atoms with Crippen molar-refractivity contribution in [3.05, 3.63) is 23.5 Å². The van der Waals surface area contributed by atoms with Crippen LogP contribution in [-0.2, 0) is 11.3 Å². The first-order chi connectivity index (χ1) is 6.68. The Morgan fingerprint density at radius 2 is 2.43 bits per heavy atom. The Labute approximate surface area is 83.9 Å². The number of nitrogens with zero attached hydrogens (tertiary/aromatic N) is 3. The van der Waals surface area contributed by atoms with E-state index in [0.717, 1.165) is 0 Å². The summed E-state index contributed by atoms with van der Waals surface area (Å²) in [6, 6.07) is 3.47. The van der Waals surface area contributed by atoms with Gasteiger partial charge in [-0.25, -0.2) is 9.67 Å². The molecular formula is C8H6ClN3O2. The van der Waals surface area contributed by atoms with Crippen molar-refractivity contribution in [2.45, 2.75) is 6.54 Å². The predicted octanol–water partition coefficient (Wildman–Crippen LogP) is 1.17. The Hall–Kier alpha value is -1.62. The van der Waals surface area contributed by atoms with Crippen molar-refractivity contribution < 1.29 is 9.90 Å². The number of hydrogen-bond acceptors (Lipinski definition) is 3. The Bertz CT molecular complexity index is 494. The number of carboxylic acid groups (broad SMARTS) is 1.